The van der Waals surface area contributed by atoms with Crippen LogP contribution in [0.25, 0.3) is 0 Å². The second-order valence-electron chi connectivity index (χ2n) is 3.83. The lowest BCUT2D eigenvalue weighted by Crippen LogP contribution is -2.27. The molecule has 2 N–H and O–H groups in total. The molecule has 5 nitrogen and oxygen atoms in total. The van der Waals surface area contributed by atoms with Crippen LogP contribution in [-0.4, -0.2) is 13.4 Å². The van der Waals surface area contributed by atoms with Crippen molar-refractivity contribution in [1.29, 1.82) is 0 Å². The van der Waals surface area contributed by atoms with Crippen molar-refractivity contribution in [2.24, 2.45) is 0 Å². The van der Waals surface area contributed by atoms with Gasteiger partial charge in [-0.25, -0.2) is 13.1 Å². The minimum Gasteiger partial charge on any atom is -0.366 e. The fourth-order valence-corrected chi connectivity index (χ4v) is 3.03. The summed E-state index contributed by atoms with van der Waals surface area (Å²) in [6, 6.07) is 8.43. The number of aromatic amines is 1. The number of hydrogen-bond acceptors (Lipinski definition) is 3. The zero-order valence-electron chi connectivity index (χ0n) is 9.76. The van der Waals surface area contributed by atoms with E-state index < -0.39 is 15.5 Å². The molecule has 0 fully saturated rings. The Morgan fingerprint density at radius 2 is 2.05 bits per heavy atom. The number of benzene rings is 1. The molecule has 0 unspecified atom stereocenters. The Labute approximate surface area is 118 Å². The lowest BCUT2D eigenvalue weighted by atomic mass is 10.2. The molecule has 1 heterocycles. The van der Waals surface area contributed by atoms with Gasteiger partial charge in [0, 0.05) is 29.5 Å². The molecule has 2 rings (SSSR count). The van der Waals surface area contributed by atoms with Crippen molar-refractivity contribution >= 4 is 26.0 Å². The zero-order chi connectivity index (χ0) is 13.9. The molecule has 0 amide bonds. The van der Waals surface area contributed by atoms with Gasteiger partial charge in [-0.1, -0.05) is 28.1 Å². The maximum atomic E-state index is 12.0. The van der Waals surface area contributed by atoms with E-state index in [4.69, 9.17) is 0 Å². The SMILES string of the molecule is O=c1cc[nH]cc1S(=O)(=O)NCc1cccc(Br)c1. The first kappa shape index (κ1) is 14.0. The van der Waals surface area contributed by atoms with Crippen LogP contribution in [0.15, 0.2) is 56.9 Å². The van der Waals surface area contributed by atoms with Gasteiger partial charge < -0.3 is 4.98 Å². The van der Waals surface area contributed by atoms with E-state index in [1.165, 1.54) is 18.5 Å². The fourth-order valence-electron chi connectivity index (χ4n) is 1.51. The largest absolute Gasteiger partial charge is 0.366 e. The van der Waals surface area contributed by atoms with Gasteiger partial charge in [-0.05, 0) is 17.7 Å². The Balaban J connectivity index is 2.19. The molecular weight excluding hydrogens is 332 g/mol. The van der Waals surface area contributed by atoms with Gasteiger partial charge >= 0.3 is 0 Å². The van der Waals surface area contributed by atoms with Gasteiger partial charge in [-0.3, -0.25) is 4.79 Å². The number of pyridine rings is 1. The molecule has 0 radical (unpaired) electrons. The van der Waals surface area contributed by atoms with Crippen LogP contribution in [-0.2, 0) is 16.6 Å². The zero-order valence-corrected chi connectivity index (χ0v) is 12.2. The molecule has 0 aliphatic heterocycles. The van der Waals surface area contributed by atoms with Crippen LogP contribution in [0, 0.1) is 0 Å². The molecule has 0 atom stereocenters. The Morgan fingerprint density at radius 3 is 2.74 bits per heavy atom. The molecular formula is C12H11BrN2O3S. The van der Waals surface area contributed by atoms with Crippen LogP contribution in [0.4, 0.5) is 0 Å². The number of rotatable bonds is 4. The summed E-state index contributed by atoms with van der Waals surface area (Å²) < 4.78 is 27.2. The highest BCUT2D eigenvalue weighted by molar-refractivity contribution is 9.10. The lowest BCUT2D eigenvalue weighted by Gasteiger charge is -2.06. The van der Waals surface area contributed by atoms with Gasteiger partial charge in [0.1, 0.15) is 4.90 Å². The number of nitrogens with one attached hydrogen (secondary N) is 2. The monoisotopic (exact) mass is 342 g/mol. The van der Waals surface area contributed by atoms with Crippen LogP contribution in [0.2, 0.25) is 0 Å². The molecule has 1 aromatic heterocycles. The van der Waals surface area contributed by atoms with Crippen LogP contribution in [0.5, 0.6) is 0 Å². The number of halogens is 1. The summed E-state index contributed by atoms with van der Waals surface area (Å²) >= 11 is 3.31. The highest BCUT2D eigenvalue weighted by Crippen LogP contribution is 2.12. The van der Waals surface area contributed by atoms with Crippen molar-refractivity contribution < 1.29 is 8.42 Å². The molecule has 19 heavy (non-hydrogen) atoms. The number of H-pyrrole nitrogens is 1. The van der Waals surface area contributed by atoms with E-state index in [2.05, 4.69) is 25.6 Å². The maximum absolute atomic E-state index is 12.0. The molecule has 2 aromatic rings. The van der Waals surface area contributed by atoms with Gasteiger partial charge in [-0.15, -0.1) is 0 Å². The van der Waals surface area contributed by atoms with Crippen molar-refractivity contribution in [2.75, 3.05) is 0 Å². The predicted molar refractivity (Wildman–Crippen MR) is 75.2 cm³/mol. The maximum Gasteiger partial charge on any atom is 0.246 e. The van der Waals surface area contributed by atoms with Crippen molar-refractivity contribution in [1.82, 2.24) is 9.71 Å². The molecule has 100 valence electrons. The second-order valence-corrected chi connectivity index (χ2v) is 6.48. The van der Waals surface area contributed by atoms with Gasteiger partial charge in [0.2, 0.25) is 15.5 Å². The molecule has 7 heteroatoms. The van der Waals surface area contributed by atoms with E-state index >= 15 is 0 Å². The summed E-state index contributed by atoms with van der Waals surface area (Å²) in [6.45, 7) is 0.121. The standard InChI is InChI=1S/C12H11BrN2O3S/c13-10-3-1-2-9(6-10)7-15-19(17,18)12-8-14-5-4-11(12)16/h1-6,8,15H,7H2,(H,14,16). The van der Waals surface area contributed by atoms with E-state index in [9.17, 15) is 13.2 Å². The molecule has 0 aliphatic rings. The van der Waals surface area contributed by atoms with Crippen LogP contribution in [0.1, 0.15) is 5.56 Å². The Bertz CT molecular complexity index is 740. The van der Waals surface area contributed by atoms with E-state index in [1.54, 1.807) is 12.1 Å². The second kappa shape index (κ2) is 5.68. The molecule has 0 saturated carbocycles. The highest BCUT2D eigenvalue weighted by Gasteiger charge is 2.16. The van der Waals surface area contributed by atoms with Crippen molar-refractivity contribution in [3.05, 3.63) is 63.0 Å². The smallest absolute Gasteiger partial charge is 0.246 e. The topological polar surface area (TPSA) is 79.0 Å². The predicted octanol–water partition coefficient (Wildman–Crippen LogP) is 1.62. The fraction of sp³-hybridized carbons (Fsp3) is 0.0833. The highest BCUT2D eigenvalue weighted by atomic mass is 79.9. The summed E-state index contributed by atoms with van der Waals surface area (Å²) in [5, 5.41) is 0. The minimum absolute atomic E-state index is 0.121. The summed E-state index contributed by atoms with van der Waals surface area (Å²) in [5.74, 6) is 0. The third-order valence-corrected chi connectivity index (χ3v) is 4.35. The van der Waals surface area contributed by atoms with Crippen LogP contribution in [0.3, 0.4) is 0 Å². The third kappa shape index (κ3) is 3.52. The number of sulfonamides is 1. The first-order valence-electron chi connectivity index (χ1n) is 5.40. The van der Waals surface area contributed by atoms with Crippen LogP contribution >= 0.6 is 15.9 Å². The van der Waals surface area contributed by atoms with E-state index in [0.29, 0.717) is 0 Å². The average molecular weight is 343 g/mol. The first-order chi connectivity index (χ1) is 8.99. The van der Waals surface area contributed by atoms with Gasteiger partial charge in [0.15, 0.2) is 0 Å². The molecule has 0 spiro atoms. The average Bonchev–Trinajstić information content (AvgIpc) is 2.37. The Hall–Kier alpha value is -1.44. The Morgan fingerprint density at radius 1 is 1.26 bits per heavy atom. The molecule has 0 saturated heterocycles. The Kier molecular flexibility index (Phi) is 4.18. The van der Waals surface area contributed by atoms with E-state index in [1.807, 2.05) is 12.1 Å². The molecule has 1 aromatic carbocycles. The van der Waals surface area contributed by atoms with Crippen molar-refractivity contribution in [3.8, 4) is 0 Å². The third-order valence-electron chi connectivity index (χ3n) is 2.43. The van der Waals surface area contributed by atoms with Crippen molar-refractivity contribution in [3.63, 3.8) is 0 Å². The van der Waals surface area contributed by atoms with Crippen LogP contribution < -0.4 is 10.2 Å². The van der Waals surface area contributed by atoms with Crippen molar-refractivity contribution in [2.45, 2.75) is 11.4 Å². The van der Waals surface area contributed by atoms with Gasteiger partial charge in [0.25, 0.3) is 0 Å². The lowest BCUT2D eigenvalue weighted by molar-refractivity contribution is 0.580. The quantitative estimate of drug-likeness (QED) is 0.885. The number of hydrogen-bond donors (Lipinski definition) is 2. The van der Waals surface area contributed by atoms with E-state index in [-0.39, 0.29) is 11.4 Å². The first-order valence-corrected chi connectivity index (χ1v) is 7.68. The van der Waals surface area contributed by atoms with Gasteiger partial charge in [0.05, 0.1) is 0 Å². The summed E-state index contributed by atoms with van der Waals surface area (Å²) in [7, 11) is -3.81. The number of aromatic nitrogens is 1. The minimum atomic E-state index is -3.81. The molecule has 0 bridgehead atoms. The summed E-state index contributed by atoms with van der Waals surface area (Å²) in [4.78, 5) is 13.8. The summed E-state index contributed by atoms with van der Waals surface area (Å²) in [5.41, 5.74) is 0.255. The van der Waals surface area contributed by atoms with E-state index in [0.717, 1.165) is 10.0 Å². The van der Waals surface area contributed by atoms with Gasteiger partial charge in [-0.2, -0.15) is 0 Å². The summed E-state index contributed by atoms with van der Waals surface area (Å²) in [6.07, 6.45) is 2.56. The molecule has 0 aliphatic carbocycles. The normalized spacial score (nSPS) is 11.4.